The fourth-order valence-corrected chi connectivity index (χ4v) is 6.92. The molecule has 45 heavy (non-hydrogen) atoms. The van der Waals surface area contributed by atoms with Gasteiger partial charge < -0.3 is 19.5 Å². The van der Waals surface area contributed by atoms with Crippen molar-refractivity contribution in [2.24, 2.45) is 5.92 Å². The SMILES string of the molecule is COCC1(C)CCCN1Cc1sc(NC(=O)c2cnc(N3CCC(C(=O)O)CC3)cn2)nc1-c1ccc(OC)c(C(F)(F)F)c1. The number of piperidine rings is 1. The Morgan fingerprint density at radius 3 is 2.53 bits per heavy atom. The number of carbonyl (C=O) groups is 2. The molecule has 2 fully saturated rings. The quantitative estimate of drug-likeness (QED) is 0.303. The van der Waals surface area contributed by atoms with Crippen LogP contribution in [0, 0.1) is 5.92 Å². The highest BCUT2D eigenvalue weighted by atomic mass is 32.1. The minimum Gasteiger partial charge on any atom is -0.496 e. The number of halogens is 3. The lowest BCUT2D eigenvalue weighted by Crippen LogP contribution is -2.44. The molecule has 0 saturated carbocycles. The summed E-state index contributed by atoms with van der Waals surface area (Å²) in [6.45, 7) is 4.82. The number of anilines is 2. The lowest BCUT2D eigenvalue weighted by molar-refractivity contribution is -0.142. The number of alkyl halides is 3. The van der Waals surface area contributed by atoms with Gasteiger partial charge in [0.2, 0.25) is 0 Å². The molecule has 242 valence electrons. The molecule has 2 saturated heterocycles. The molecule has 11 nitrogen and oxygen atoms in total. The molecule has 5 rings (SSSR count). The second kappa shape index (κ2) is 13.3. The van der Waals surface area contributed by atoms with Gasteiger partial charge in [0.25, 0.3) is 5.91 Å². The van der Waals surface area contributed by atoms with E-state index in [0.29, 0.717) is 55.5 Å². The number of thiazole rings is 1. The predicted octanol–water partition coefficient (Wildman–Crippen LogP) is 5.18. The Hall–Kier alpha value is -3.82. The number of amides is 1. The maximum Gasteiger partial charge on any atom is 0.419 e. The number of aliphatic carboxylic acids is 1. The van der Waals surface area contributed by atoms with E-state index in [1.807, 2.05) is 4.90 Å². The van der Waals surface area contributed by atoms with E-state index in [1.54, 1.807) is 7.11 Å². The zero-order chi connectivity index (χ0) is 32.4. The van der Waals surface area contributed by atoms with Crippen LogP contribution in [0.2, 0.25) is 0 Å². The zero-order valence-electron chi connectivity index (χ0n) is 25.2. The molecule has 2 N–H and O–H groups in total. The van der Waals surface area contributed by atoms with Crippen molar-refractivity contribution in [1.82, 2.24) is 19.9 Å². The Morgan fingerprint density at radius 1 is 1.16 bits per heavy atom. The molecule has 1 unspecified atom stereocenters. The molecule has 1 atom stereocenters. The highest BCUT2D eigenvalue weighted by Crippen LogP contribution is 2.42. The van der Waals surface area contributed by atoms with E-state index in [9.17, 15) is 27.9 Å². The largest absolute Gasteiger partial charge is 0.496 e. The third-order valence-electron chi connectivity index (χ3n) is 8.43. The van der Waals surface area contributed by atoms with Gasteiger partial charge in [-0.05, 0) is 57.4 Å². The number of carbonyl (C=O) groups excluding carboxylic acids is 1. The van der Waals surface area contributed by atoms with Crippen LogP contribution < -0.4 is 15.0 Å². The number of ether oxygens (including phenoxy) is 2. The number of rotatable bonds is 10. The Balaban J connectivity index is 1.40. The molecular weight excluding hydrogens is 613 g/mol. The lowest BCUT2D eigenvalue weighted by atomic mass is 9.97. The third kappa shape index (κ3) is 7.20. The standard InChI is InChI=1S/C30H35F3N6O5S/c1-29(17-43-2)9-4-10-39(29)16-23-25(19-5-6-22(44-3)20(13-19)30(31,32)33)36-28(45-23)37-26(40)21-14-35-24(15-34-21)38-11-7-18(8-12-38)27(41)42/h5-6,13-15,18H,4,7-12,16-17H2,1-3H3,(H,41,42)(H,36,37,40). The molecule has 2 aliphatic heterocycles. The van der Waals surface area contributed by atoms with Gasteiger partial charge in [0.1, 0.15) is 17.3 Å². The number of likely N-dealkylation sites (tertiary alicyclic amines) is 1. The van der Waals surface area contributed by atoms with Gasteiger partial charge in [-0.15, -0.1) is 0 Å². The van der Waals surface area contributed by atoms with E-state index in [-0.39, 0.29) is 33.6 Å². The Kier molecular flexibility index (Phi) is 9.60. The van der Waals surface area contributed by atoms with Crippen LogP contribution in [0.3, 0.4) is 0 Å². The second-order valence-corrected chi connectivity index (χ2v) is 12.6. The van der Waals surface area contributed by atoms with Crippen molar-refractivity contribution in [2.45, 2.75) is 50.9 Å². The van der Waals surface area contributed by atoms with Crippen molar-refractivity contribution in [1.29, 1.82) is 0 Å². The fraction of sp³-hybridized carbons (Fsp3) is 0.500. The normalized spacial score (nSPS) is 19.6. The highest BCUT2D eigenvalue weighted by Gasteiger charge is 2.38. The van der Waals surface area contributed by atoms with Gasteiger partial charge in [0.15, 0.2) is 5.13 Å². The van der Waals surface area contributed by atoms with Gasteiger partial charge in [-0.3, -0.25) is 19.8 Å². The van der Waals surface area contributed by atoms with E-state index >= 15 is 0 Å². The maximum atomic E-state index is 13.9. The summed E-state index contributed by atoms with van der Waals surface area (Å²) in [6.07, 6.45) is 1.01. The molecular formula is C30H35F3N6O5S. The Labute approximate surface area is 262 Å². The van der Waals surface area contributed by atoms with Crippen molar-refractivity contribution in [3.63, 3.8) is 0 Å². The van der Waals surface area contributed by atoms with Crippen LogP contribution in [-0.4, -0.2) is 82.8 Å². The van der Waals surface area contributed by atoms with Crippen LogP contribution in [0.5, 0.6) is 5.75 Å². The number of nitrogens with zero attached hydrogens (tertiary/aromatic N) is 5. The first kappa shape index (κ1) is 32.6. The first-order chi connectivity index (χ1) is 21.4. The smallest absolute Gasteiger partial charge is 0.419 e. The van der Waals surface area contributed by atoms with Gasteiger partial charge in [0, 0.05) is 42.7 Å². The van der Waals surface area contributed by atoms with E-state index in [2.05, 4.69) is 32.1 Å². The summed E-state index contributed by atoms with van der Waals surface area (Å²) in [4.78, 5) is 42.5. The Morgan fingerprint density at radius 2 is 1.91 bits per heavy atom. The molecule has 1 amide bonds. The molecule has 2 aliphatic rings. The summed E-state index contributed by atoms with van der Waals surface area (Å²) in [6, 6.07) is 3.82. The average Bonchev–Trinajstić information content (AvgIpc) is 3.59. The van der Waals surface area contributed by atoms with Crippen molar-refractivity contribution < 1.29 is 37.3 Å². The Bertz CT molecular complexity index is 1530. The molecule has 4 heterocycles. The molecule has 15 heteroatoms. The molecule has 2 aromatic heterocycles. The first-order valence-electron chi connectivity index (χ1n) is 14.5. The van der Waals surface area contributed by atoms with Gasteiger partial charge in [0.05, 0.1) is 43.3 Å². The van der Waals surface area contributed by atoms with Gasteiger partial charge in [-0.25, -0.2) is 15.0 Å². The minimum absolute atomic E-state index is 0.0356. The number of carboxylic acid groups (broad SMARTS) is 1. The van der Waals surface area contributed by atoms with E-state index < -0.39 is 23.6 Å². The van der Waals surface area contributed by atoms with Crippen LogP contribution in [0.4, 0.5) is 24.1 Å². The van der Waals surface area contributed by atoms with Crippen LogP contribution in [0.15, 0.2) is 30.6 Å². The molecule has 0 spiro atoms. The highest BCUT2D eigenvalue weighted by molar-refractivity contribution is 7.16. The van der Waals surface area contributed by atoms with Crippen LogP contribution in [0.1, 0.15) is 53.5 Å². The van der Waals surface area contributed by atoms with Gasteiger partial charge in [-0.1, -0.05) is 11.3 Å². The summed E-state index contributed by atoms with van der Waals surface area (Å²) in [5, 5.41) is 12.2. The van der Waals surface area contributed by atoms with Gasteiger partial charge >= 0.3 is 12.1 Å². The van der Waals surface area contributed by atoms with Crippen molar-refractivity contribution in [3.8, 4) is 17.0 Å². The average molecular weight is 649 g/mol. The van der Waals surface area contributed by atoms with Crippen LogP contribution in [-0.2, 0) is 22.3 Å². The number of hydrogen-bond donors (Lipinski definition) is 2. The molecule has 3 aromatic rings. The molecule has 0 radical (unpaired) electrons. The third-order valence-corrected chi connectivity index (χ3v) is 9.39. The summed E-state index contributed by atoms with van der Waals surface area (Å²) in [5.74, 6) is -1.51. The van der Waals surface area contributed by atoms with E-state index in [0.717, 1.165) is 25.5 Å². The predicted molar refractivity (Wildman–Crippen MR) is 162 cm³/mol. The number of methoxy groups -OCH3 is 2. The number of nitrogens with one attached hydrogen (secondary N) is 1. The fourth-order valence-electron chi connectivity index (χ4n) is 5.93. The van der Waals surface area contributed by atoms with E-state index in [1.165, 1.54) is 43.0 Å². The number of hydrogen-bond acceptors (Lipinski definition) is 10. The van der Waals surface area contributed by atoms with Crippen LogP contribution >= 0.6 is 11.3 Å². The molecule has 1 aromatic carbocycles. The number of benzene rings is 1. The zero-order valence-corrected chi connectivity index (χ0v) is 26.0. The monoisotopic (exact) mass is 648 g/mol. The topological polar surface area (TPSA) is 130 Å². The summed E-state index contributed by atoms with van der Waals surface area (Å²) in [5.41, 5.74) is -0.551. The van der Waals surface area contributed by atoms with Crippen molar-refractivity contribution in [3.05, 3.63) is 46.7 Å². The van der Waals surface area contributed by atoms with Crippen LogP contribution in [0.25, 0.3) is 11.3 Å². The number of aromatic nitrogens is 3. The van der Waals surface area contributed by atoms with E-state index in [4.69, 9.17) is 9.47 Å². The summed E-state index contributed by atoms with van der Waals surface area (Å²) >= 11 is 1.19. The van der Waals surface area contributed by atoms with Crippen molar-refractivity contribution in [2.75, 3.05) is 50.7 Å². The van der Waals surface area contributed by atoms with Crippen molar-refractivity contribution >= 4 is 34.2 Å². The van der Waals surface area contributed by atoms with Gasteiger partial charge in [-0.2, -0.15) is 13.2 Å². The maximum absolute atomic E-state index is 13.9. The lowest BCUT2D eigenvalue weighted by Gasteiger charge is -2.34. The first-order valence-corrected chi connectivity index (χ1v) is 15.3. The number of carboxylic acids is 1. The summed E-state index contributed by atoms with van der Waals surface area (Å²) in [7, 11) is 2.83. The summed E-state index contributed by atoms with van der Waals surface area (Å²) < 4.78 is 52.1. The molecule has 0 bridgehead atoms. The minimum atomic E-state index is -4.64. The second-order valence-electron chi connectivity index (χ2n) is 11.5. The molecule has 0 aliphatic carbocycles.